The first-order valence-corrected chi connectivity index (χ1v) is 10.4. The molecule has 6 heteroatoms. The van der Waals surface area contributed by atoms with Crippen LogP contribution in [0.3, 0.4) is 0 Å². The van der Waals surface area contributed by atoms with Crippen molar-refractivity contribution in [1.29, 1.82) is 0 Å². The minimum absolute atomic E-state index is 0.255. The van der Waals surface area contributed by atoms with Gasteiger partial charge in [0.1, 0.15) is 10.8 Å². The standard InChI is InChI=1S/C21H26N2O3S/c1-2-3-12-26-15-9-7-8-14(13-15)20(25)23-21-18(19(22)24)16-10-5-4-6-11-17(16)27-21/h7-9,13H,2-6,10-12H2,1H3,(H2,22,24)(H,23,25). The monoisotopic (exact) mass is 386 g/mol. The van der Waals surface area contributed by atoms with Crippen molar-refractivity contribution < 1.29 is 14.3 Å². The molecule has 1 aromatic heterocycles. The Labute approximate surface area is 163 Å². The molecule has 1 aliphatic carbocycles. The van der Waals surface area contributed by atoms with Gasteiger partial charge < -0.3 is 15.8 Å². The Morgan fingerprint density at radius 3 is 2.81 bits per heavy atom. The van der Waals surface area contributed by atoms with Gasteiger partial charge in [0.15, 0.2) is 0 Å². The molecule has 1 aromatic carbocycles. The number of amides is 2. The first-order valence-electron chi connectivity index (χ1n) is 9.58. The Morgan fingerprint density at radius 2 is 2.04 bits per heavy atom. The molecule has 0 saturated heterocycles. The maximum absolute atomic E-state index is 12.7. The molecule has 0 bridgehead atoms. The fourth-order valence-electron chi connectivity index (χ4n) is 3.33. The van der Waals surface area contributed by atoms with Gasteiger partial charge in [0, 0.05) is 10.4 Å². The molecule has 0 radical (unpaired) electrons. The first-order chi connectivity index (χ1) is 13.1. The van der Waals surface area contributed by atoms with E-state index >= 15 is 0 Å². The minimum Gasteiger partial charge on any atom is -0.494 e. The van der Waals surface area contributed by atoms with Crippen molar-refractivity contribution in [3.63, 3.8) is 0 Å². The summed E-state index contributed by atoms with van der Waals surface area (Å²) in [6.45, 7) is 2.73. The molecular weight excluding hydrogens is 360 g/mol. The molecule has 3 N–H and O–H groups in total. The van der Waals surface area contributed by atoms with Crippen molar-refractivity contribution in [2.75, 3.05) is 11.9 Å². The fraction of sp³-hybridized carbons (Fsp3) is 0.429. The maximum atomic E-state index is 12.7. The summed E-state index contributed by atoms with van der Waals surface area (Å²) in [6, 6.07) is 7.11. The van der Waals surface area contributed by atoms with Crippen LogP contribution in [0.2, 0.25) is 0 Å². The van der Waals surface area contributed by atoms with Crippen molar-refractivity contribution in [3.8, 4) is 5.75 Å². The zero-order valence-corrected chi connectivity index (χ0v) is 16.5. The van der Waals surface area contributed by atoms with Crippen LogP contribution in [0.5, 0.6) is 5.75 Å². The van der Waals surface area contributed by atoms with E-state index in [2.05, 4.69) is 12.2 Å². The van der Waals surface area contributed by atoms with Crippen LogP contribution in [0.25, 0.3) is 0 Å². The van der Waals surface area contributed by atoms with Gasteiger partial charge in [-0.25, -0.2) is 0 Å². The summed E-state index contributed by atoms with van der Waals surface area (Å²) in [7, 11) is 0. The normalized spacial score (nSPS) is 13.5. The number of ether oxygens (including phenoxy) is 1. The SMILES string of the molecule is CCCCOc1cccc(C(=O)Nc2sc3c(c2C(N)=O)CCCCC3)c1. The largest absolute Gasteiger partial charge is 0.494 e. The number of nitrogens with one attached hydrogen (secondary N) is 1. The lowest BCUT2D eigenvalue weighted by Gasteiger charge is -2.09. The number of unbranched alkanes of at least 4 members (excludes halogenated alkanes) is 1. The summed E-state index contributed by atoms with van der Waals surface area (Å²) in [5, 5.41) is 3.47. The summed E-state index contributed by atoms with van der Waals surface area (Å²) in [6.07, 6.45) is 7.13. The molecule has 0 atom stereocenters. The zero-order chi connectivity index (χ0) is 19.2. The van der Waals surface area contributed by atoms with E-state index in [0.717, 1.165) is 50.5 Å². The number of hydrogen-bond donors (Lipinski definition) is 2. The lowest BCUT2D eigenvalue weighted by atomic mass is 10.1. The molecule has 3 rings (SSSR count). The summed E-state index contributed by atoms with van der Waals surface area (Å²) in [5.74, 6) is -0.0515. The third-order valence-corrected chi connectivity index (χ3v) is 5.96. The van der Waals surface area contributed by atoms with Crippen molar-refractivity contribution in [2.45, 2.75) is 51.9 Å². The Hall–Kier alpha value is -2.34. The smallest absolute Gasteiger partial charge is 0.256 e. The zero-order valence-electron chi connectivity index (χ0n) is 15.7. The maximum Gasteiger partial charge on any atom is 0.256 e. The number of thiophene rings is 1. The molecule has 1 aliphatic rings. The van der Waals surface area contributed by atoms with E-state index in [4.69, 9.17) is 10.5 Å². The highest BCUT2D eigenvalue weighted by atomic mass is 32.1. The Balaban J connectivity index is 1.80. The van der Waals surface area contributed by atoms with Crippen LogP contribution >= 0.6 is 11.3 Å². The second kappa shape index (κ2) is 9.04. The van der Waals surface area contributed by atoms with Crippen LogP contribution in [-0.4, -0.2) is 18.4 Å². The Bertz CT molecular complexity index is 829. The number of hydrogen-bond acceptors (Lipinski definition) is 4. The quantitative estimate of drug-likeness (QED) is 0.541. The van der Waals surface area contributed by atoms with E-state index < -0.39 is 5.91 Å². The van der Waals surface area contributed by atoms with Crippen LogP contribution < -0.4 is 15.8 Å². The van der Waals surface area contributed by atoms with E-state index in [1.807, 2.05) is 6.07 Å². The topological polar surface area (TPSA) is 81.4 Å². The van der Waals surface area contributed by atoms with Crippen LogP contribution in [0.15, 0.2) is 24.3 Å². The second-order valence-electron chi connectivity index (χ2n) is 6.82. The van der Waals surface area contributed by atoms with Crippen molar-refractivity contribution >= 4 is 28.2 Å². The van der Waals surface area contributed by atoms with Gasteiger partial charge in [-0.05, 0) is 55.9 Å². The van der Waals surface area contributed by atoms with Gasteiger partial charge in [0.05, 0.1) is 12.2 Å². The molecule has 0 unspecified atom stereocenters. The molecule has 5 nitrogen and oxygen atoms in total. The lowest BCUT2D eigenvalue weighted by Crippen LogP contribution is -2.18. The molecule has 144 valence electrons. The molecular formula is C21H26N2O3S. The van der Waals surface area contributed by atoms with E-state index in [1.54, 1.807) is 18.2 Å². The first kappa shape index (κ1) is 19.4. The second-order valence-corrected chi connectivity index (χ2v) is 7.92. The molecule has 27 heavy (non-hydrogen) atoms. The van der Waals surface area contributed by atoms with Gasteiger partial charge in [-0.2, -0.15) is 0 Å². The molecule has 2 aromatic rings. The number of anilines is 1. The highest BCUT2D eigenvalue weighted by Crippen LogP contribution is 2.37. The summed E-state index contributed by atoms with van der Waals surface area (Å²) < 4.78 is 5.68. The van der Waals surface area contributed by atoms with E-state index in [9.17, 15) is 9.59 Å². The van der Waals surface area contributed by atoms with Crippen molar-refractivity contribution in [2.24, 2.45) is 5.73 Å². The predicted octanol–water partition coefficient (Wildman–Crippen LogP) is 4.55. The number of primary amides is 1. The third-order valence-electron chi connectivity index (χ3n) is 4.76. The molecule has 0 fully saturated rings. The van der Waals surface area contributed by atoms with E-state index in [1.165, 1.54) is 16.2 Å². The highest BCUT2D eigenvalue weighted by molar-refractivity contribution is 7.17. The molecule has 0 saturated carbocycles. The van der Waals surface area contributed by atoms with Gasteiger partial charge >= 0.3 is 0 Å². The number of carbonyl (C=O) groups excluding carboxylic acids is 2. The van der Waals surface area contributed by atoms with Crippen molar-refractivity contribution in [1.82, 2.24) is 0 Å². The number of nitrogens with two attached hydrogens (primary N) is 1. The van der Waals surface area contributed by atoms with Crippen LogP contribution in [0.1, 0.15) is 70.2 Å². The van der Waals surface area contributed by atoms with E-state index in [0.29, 0.717) is 28.5 Å². The molecule has 2 amide bonds. The van der Waals surface area contributed by atoms with E-state index in [-0.39, 0.29) is 5.91 Å². The van der Waals surface area contributed by atoms with Gasteiger partial charge in [-0.15, -0.1) is 11.3 Å². The van der Waals surface area contributed by atoms with Gasteiger partial charge in [0.25, 0.3) is 11.8 Å². The molecule has 0 spiro atoms. The number of aryl methyl sites for hydroxylation is 1. The van der Waals surface area contributed by atoms with Crippen LogP contribution in [0, 0.1) is 0 Å². The highest BCUT2D eigenvalue weighted by Gasteiger charge is 2.24. The summed E-state index contributed by atoms with van der Waals surface area (Å²) in [4.78, 5) is 26.0. The lowest BCUT2D eigenvalue weighted by molar-refractivity contribution is 0.100. The molecule has 0 aliphatic heterocycles. The van der Waals surface area contributed by atoms with Crippen molar-refractivity contribution in [3.05, 3.63) is 45.8 Å². The number of carbonyl (C=O) groups is 2. The summed E-state index contributed by atoms with van der Waals surface area (Å²) in [5.41, 5.74) is 7.65. The average Bonchev–Trinajstić information content (AvgIpc) is 2.83. The minimum atomic E-state index is -0.471. The number of rotatable bonds is 7. The van der Waals surface area contributed by atoms with Crippen LogP contribution in [0.4, 0.5) is 5.00 Å². The number of benzene rings is 1. The van der Waals surface area contributed by atoms with Gasteiger partial charge in [-0.1, -0.05) is 25.8 Å². The predicted molar refractivity (Wildman–Crippen MR) is 109 cm³/mol. The third kappa shape index (κ3) is 4.69. The van der Waals surface area contributed by atoms with Crippen LogP contribution in [-0.2, 0) is 12.8 Å². The average molecular weight is 387 g/mol. The van der Waals surface area contributed by atoms with Gasteiger partial charge in [0.2, 0.25) is 0 Å². The summed E-state index contributed by atoms with van der Waals surface area (Å²) >= 11 is 1.48. The Kier molecular flexibility index (Phi) is 6.50. The fourth-order valence-corrected chi connectivity index (χ4v) is 4.62. The Morgan fingerprint density at radius 1 is 1.22 bits per heavy atom. The molecule has 1 heterocycles. The van der Waals surface area contributed by atoms with Gasteiger partial charge in [-0.3, -0.25) is 9.59 Å². The number of fused-ring (bicyclic) bond motifs is 1.